The number of aromatic amines is 1. The zero-order chi connectivity index (χ0) is 17.7. The predicted octanol–water partition coefficient (Wildman–Crippen LogP) is 0.212. The summed E-state index contributed by atoms with van der Waals surface area (Å²) in [6.07, 6.45) is 1.29. The first-order valence-corrected chi connectivity index (χ1v) is 7.19. The highest BCUT2D eigenvalue weighted by Gasteiger charge is 2.12. The van der Waals surface area contributed by atoms with E-state index in [-0.39, 0.29) is 12.5 Å². The van der Waals surface area contributed by atoms with Crippen LogP contribution in [0.1, 0.15) is 5.56 Å². The Balaban J connectivity index is 2.08. The van der Waals surface area contributed by atoms with Crippen LogP contribution in [0.15, 0.2) is 40.1 Å². The van der Waals surface area contributed by atoms with Crippen molar-refractivity contribution in [2.75, 3.05) is 21.3 Å². The number of rotatable bonds is 6. The van der Waals surface area contributed by atoms with Crippen LogP contribution in [0.2, 0.25) is 0 Å². The number of nitrogens with zero attached hydrogens (tertiary/aromatic N) is 2. The fraction of sp³-hybridized carbons (Fsp3) is 0.312. The molecule has 0 saturated heterocycles. The number of aromatic nitrogens is 2. The Hall–Kier alpha value is -3.03. The summed E-state index contributed by atoms with van der Waals surface area (Å²) in [6.45, 7) is 0.191. The summed E-state index contributed by atoms with van der Waals surface area (Å²) < 4.78 is 11.6. The van der Waals surface area contributed by atoms with Crippen LogP contribution in [0.25, 0.3) is 0 Å². The van der Waals surface area contributed by atoms with Crippen LogP contribution in [0.5, 0.6) is 11.5 Å². The van der Waals surface area contributed by atoms with Crippen LogP contribution in [-0.2, 0) is 17.9 Å². The van der Waals surface area contributed by atoms with E-state index < -0.39 is 11.2 Å². The first-order valence-electron chi connectivity index (χ1n) is 7.19. The molecule has 8 heteroatoms. The number of benzene rings is 1. The third kappa shape index (κ3) is 4.03. The minimum absolute atomic E-state index is 0.153. The van der Waals surface area contributed by atoms with Crippen LogP contribution in [-0.4, -0.2) is 41.6 Å². The highest BCUT2D eigenvalue weighted by molar-refractivity contribution is 5.75. The molecular formula is C16H19N3O5. The third-order valence-corrected chi connectivity index (χ3v) is 3.50. The van der Waals surface area contributed by atoms with Gasteiger partial charge in [-0.3, -0.25) is 19.1 Å². The molecule has 1 N–H and O–H groups in total. The molecule has 0 aliphatic heterocycles. The van der Waals surface area contributed by atoms with Gasteiger partial charge in [0.25, 0.3) is 5.56 Å². The molecule has 0 radical (unpaired) electrons. The summed E-state index contributed by atoms with van der Waals surface area (Å²) in [5, 5.41) is 0. The maximum atomic E-state index is 12.2. The number of likely N-dealkylation sites (N-methyl/N-ethyl adjacent to an activating group) is 1. The second kappa shape index (κ2) is 7.49. The fourth-order valence-corrected chi connectivity index (χ4v) is 2.18. The third-order valence-electron chi connectivity index (χ3n) is 3.50. The van der Waals surface area contributed by atoms with Crippen molar-refractivity contribution < 1.29 is 14.3 Å². The average molecular weight is 333 g/mol. The van der Waals surface area contributed by atoms with E-state index in [2.05, 4.69) is 4.98 Å². The molecular weight excluding hydrogens is 314 g/mol. The quantitative estimate of drug-likeness (QED) is 0.816. The molecule has 2 rings (SSSR count). The van der Waals surface area contributed by atoms with E-state index in [1.165, 1.54) is 17.2 Å². The van der Waals surface area contributed by atoms with E-state index in [1.807, 2.05) is 6.07 Å². The Kier molecular flexibility index (Phi) is 5.41. The first-order chi connectivity index (χ1) is 11.4. The van der Waals surface area contributed by atoms with Crippen molar-refractivity contribution in [1.82, 2.24) is 14.5 Å². The molecule has 0 atom stereocenters. The predicted molar refractivity (Wildman–Crippen MR) is 87.3 cm³/mol. The van der Waals surface area contributed by atoms with Gasteiger partial charge in [0.15, 0.2) is 11.5 Å². The Labute approximate surface area is 138 Å². The van der Waals surface area contributed by atoms with E-state index in [1.54, 1.807) is 33.4 Å². The van der Waals surface area contributed by atoms with Crippen LogP contribution in [0, 0.1) is 0 Å². The smallest absolute Gasteiger partial charge is 0.328 e. The van der Waals surface area contributed by atoms with Crippen LogP contribution >= 0.6 is 0 Å². The highest BCUT2D eigenvalue weighted by Crippen LogP contribution is 2.27. The van der Waals surface area contributed by atoms with Crippen molar-refractivity contribution in [2.45, 2.75) is 13.1 Å². The SMILES string of the molecule is COc1ccc(CN(C)C(=O)Cn2ccc(=O)[nH]c2=O)cc1OC. The van der Waals surface area contributed by atoms with Gasteiger partial charge >= 0.3 is 5.69 Å². The van der Waals surface area contributed by atoms with Gasteiger partial charge < -0.3 is 14.4 Å². The number of methoxy groups -OCH3 is 2. The lowest BCUT2D eigenvalue weighted by Crippen LogP contribution is -2.36. The average Bonchev–Trinajstić information content (AvgIpc) is 2.57. The summed E-state index contributed by atoms with van der Waals surface area (Å²) in [5.41, 5.74) is -0.255. The lowest BCUT2D eigenvalue weighted by Gasteiger charge is -2.18. The molecule has 0 spiro atoms. The summed E-state index contributed by atoms with van der Waals surface area (Å²) in [6, 6.07) is 6.58. The summed E-state index contributed by atoms with van der Waals surface area (Å²) in [7, 11) is 4.73. The number of amides is 1. The van der Waals surface area contributed by atoms with Crippen molar-refractivity contribution in [3.8, 4) is 11.5 Å². The summed E-state index contributed by atoms with van der Waals surface area (Å²) in [4.78, 5) is 38.5. The molecule has 0 aliphatic rings. The second-order valence-corrected chi connectivity index (χ2v) is 5.18. The second-order valence-electron chi connectivity index (χ2n) is 5.18. The number of nitrogens with one attached hydrogen (secondary N) is 1. The van der Waals surface area contributed by atoms with Gasteiger partial charge in [0.05, 0.1) is 14.2 Å². The molecule has 8 nitrogen and oxygen atoms in total. The van der Waals surface area contributed by atoms with Crippen molar-refractivity contribution in [3.05, 3.63) is 56.9 Å². The zero-order valence-corrected chi connectivity index (χ0v) is 13.7. The number of hydrogen-bond donors (Lipinski definition) is 1. The molecule has 1 aromatic carbocycles. The molecule has 0 saturated carbocycles. The van der Waals surface area contributed by atoms with Crippen LogP contribution in [0.3, 0.4) is 0 Å². The monoisotopic (exact) mass is 333 g/mol. The Morgan fingerprint density at radius 1 is 1.17 bits per heavy atom. The van der Waals surface area contributed by atoms with Crippen molar-refractivity contribution in [3.63, 3.8) is 0 Å². The molecule has 1 heterocycles. The maximum Gasteiger partial charge on any atom is 0.328 e. The van der Waals surface area contributed by atoms with Gasteiger partial charge in [-0.1, -0.05) is 6.07 Å². The molecule has 1 amide bonds. The zero-order valence-electron chi connectivity index (χ0n) is 13.7. The van der Waals surface area contributed by atoms with Gasteiger partial charge in [0.2, 0.25) is 5.91 Å². The van der Waals surface area contributed by atoms with Gasteiger partial charge in [0, 0.05) is 25.9 Å². The lowest BCUT2D eigenvalue weighted by molar-refractivity contribution is -0.131. The van der Waals surface area contributed by atoms with E-state index in [9.17, 15) is 14.4 Å². The van der Waals surface area contributed by atoms with Crippen molar-refractivity contribution in [2.24, 2.45) is 0 Å². The molecule has 0 fully saturated rings. The number of H-pyrrole nitrogens is 1. The summed E-state index contributed by atoms with van der Waals surface area (Å²) in [5.74, 6) is 0.918. The molecule has 1 aromatic heterocycles. The van der Waals surface area contributed by atoms with E-state index >= 15 is 0 Å². The fourth-order valence-electron chi connectivity index (χ4n) is 2.18. The molecule has 24 heavy (non-hydrogen) atoms. The number of ether oxygens (including phenoxy) is 2. The largest absolute Gasteiger partial charge is 0.493 e. The molecule has 0 bridgehead atoms. The lowest BCUT2D eigenvalue weighted by atomic mass is 10.2. The van der Waals surface area contributed by atoms with Gasteiger partial charge in [0.1, 0.15) is 6.54 Å². The Bertz CT molecular complexity index is 840. The van der Waals surface area contributed by atoms with Crippen LogP contribution < -0.4 is 20.7 Å². The van der Waals surface area contributed by atoms with E-state index in [0.717, 1.165) is 10.1 Å². The topological polar surface area (TPSA) is 93.6 Å². The molecule has 128 valence electrons. The standard InChI is InChI=1S/C16H19N3O5/c1-18(9-11-4-5-12(23-2)13(8-11)24-3)15(21)10-19-7-6-14(20)17-16(19)22/h4-8H,9-10H2,1-3H3,(H,17,20,22). The van der Waals surface area contributed by atoms with Gasteiger partial charge in [-0.05, 0) is 17.7 Å². The van der Waals surface area contributed by atoms with Crippen molar-refractivity contribution in [1.29, 1.82) is 0 Å². The highest BCUT2D eigenvalue weighted by atomic mass is 16.5. The summed E-state index contributed by atoms with van der Waals surface area (Å²) >= 11 is 0. The van der Waals surface area contributed by atoms with E-state index in [4.69, 9.17) is 9.47 Å². The molecule has 2 aromatic rings. The van der Waals surface area contributed by atoms with Gasteiger partial charge in [-0.15, -0.1) is 0 Å². The number of carbonyl (C=O) groups excluding carboxylic acids is 1. The minimum atomic E-state index is -0.615. The Morgan fingerprint density at radius 3 is 2.50 bits per heavy atom. The van der Waals surface area contributed by atoms with Crippen molar-refractivity contribution >= 4 is 5.91 Å². The van der Waals surface area contributed by atoms with Gasteiger partial charge in [-0.2, -0.15) is 0 Å². The normalized spacial score (nSPS) is 10.3. The maximum absolute atomic E-state index is 12.2. The molecule has 0 aliphatic carbocycles. The van der Waals surface area contributed by atoms with Gasteiger partial charge in [-0.25, -0.2) is 4.79 Å². The number of hydrogen-bond acceptors (Lipinski definition) is 5. The van der Waals surface area contributed by atoms with E-state index in [0.29, 0.717) is 18.0 Å². The Morgan fingerprint density at radius 2 is 1.88 bits per heavy atom. The van der Waals surface area contributed by atoms with Crippen LogP contribution in [0.4, 0.5) is 0 Å². The minimum Gasteiger partial charge on any atom is -0.493 e. The molecule has 0 unspecified atom stereocenters. The first kappa shape index (κ1) is 17.3. The number of carbonyl (C=O) groups is 1.